The number of rotatable bonds is 6. The average molecular weight is 250 g/mol. The highest BCUT2D eigenvalue weighted by molar-refractivity contribution is 4.89. The first-order valence-electron chi connectivity index (χ1n) is 7.47. The highest BCUT2D eigenvalue weighted by Gasteiger charge is 2.30. The van der Waals surface area contributed by atoms with Crippen molar-refractivity contribution in [2.75, 3.05) is 19.6 Å². The number of hydrogen-bond donors (Lipinski definition) is 1. The quantitative estimate of drug-likeness (QED) is 0.576. The summed E-state index contributed by atoms with van der Waals surface area (Å²) in [5.74, 6) is 4.17. The van der Waals surface area contributed by atoms with Crippen molar-refractivity contribution >= 4 is 0 Å². The predicted octanol–water partition coefficient (Wildman–Crippen LogP) is 2.74. The summed E-state index contributed by atoms with van der Waals surface area (Å²) in [6, 6.07) is 1.33. The first kappa shape index (κ1) is 15.5. The Kier molecular flexibility index (Phi) is 6.75. The number of piperazine rings is 1. The molecule has 0 aliphatic carbocycles. The first-order chi connectivity index (χ1) is 8.56. The number of hydrogen-bond acceptors (Lipinski definition) is 2. The Bertz CT molecular complexity index is 265. The lowest BCUT2D eigenvalue weighted by atomic mass is 9.94. The van der Waals surface area contributed by atoms with Crippen molar-refractivity contribution in [1.82, 2.24) is 10.2 Å². The summed E-state index contributed by atoms with van der Waals surface area (Å²) in [7, 11) is 0. The van der Waals surface area contributed by atoms with Crippen LogP contribution >= 0.6 is 0 Å². The molecule has 1 aliphatic rings. The third-order valence-corrected chi connectivity index (χ3v) is 4.08. The maximum Gasteiger partial charge on any atom is 0.0244 e. The molecule has 0 amide bonds. The number of terminal acetylenes is 1. The van der Waals surface area contributed by atoms with Crippen LogP contribution in [0.5, 0.6) is 0 Å². The van der Waals surface area contributed by atoms with Crippen molar-refractivity contribution in [3.63, 3.8) is 0 Å². The largest absolute Gasteiger partial charge is 0.311 e. The van der Waals surface area contributed by atoms with Crippen LogP contribution in [0, 0.1) is 24.2 Å². The molecule has 2 unspecified atom stereocenters. The minimum Gasteiger partial charge on any atom is -0.311 e. The molecule has 0 radical (unpaired) electrons. The SMILES string of the molecule is C#CCCCCN1CC(C(C)C)NCC1C(C)C. The smallest absolute Gasteiger partial charge is 0.0244 e. The summed E-state index contributed by atoms with van der Waals surface area (Å²) in [6.07, 6.45) is 8.63. The molecular weight excluding hydrogens is 220 g/mol. The zero-order chi connectivity index (χ0) is 13.5. The van der Waals surface area contributed by atoms with Gasteiger partial charge in [-0.3, -0.25) is 4.90 Å². The number of nitrogens with zero attached hydrogens (tertiary/aromatic N) is 1. The normalized spacial score (nSPS) is 25.6. The van der Waals surface area contributed by atoms with Crippen LogP contribution in [0.4, 0.5) is 0 Å². The molecule has 0 aromatic heterocycles. The van der Waals surface area contributed by atoms with Gasteiger partial charge in [-0.2, -0.15) is 0 Å². The zero-order valence-corrected chi connectivity index (χ0v) is 12.6. The molecule has 0 aromatic carbocycles. The van der Waals surface area contributed by atoms with Gasteiger partial charge in [0.1, 0.15) is 0 Å². The van der Waals surface area contributed by atoms with Crippen molar-refractivity contribution < 1.29 is 0 Å². The summed E-state index contributed by atoms with van der Waals surface area (Å²) in [4.78, 5) is 2.68. The summed E-state index contributed by atoms with van der Waals surface area (Å²) in [5.41, 5.74) is 0. The molecule has 0 spiro atoms. The molecule has 1 fully saturated rings. The molecular formula is C16H30N2. The van der Waals surface area contributed by atoms with E-state index < -0.39 is 0 Å². The van der Waals surface area contributed by atoms with Gasteiger partial charge in [0.15, 0.2) is 0 Å². The lowest BCUT2D eigenvalue weighted by Crippen LogP contribution is -2.59. The zero-order valence-electron chi connectivity index (χ0n) is 12.6. The third-order valence-electron chi connectivity index (χ3n) is 4.08. The Hall–Kier alpha value is -0.520. The van der Waals surface area contributed by atoms with Crippen molar-refractivity contribution in [1.29, 1.82) is 0 Å². The molecule has 2 nitrogen and oxygen atoms in total. The van der Waals surface area contributed by atoms with Crippen LogP contribution in [0.3, 0.4) is 0 Å². The molecule has 1 aliphatic heterocycles. The second-order valence-corrected chi connectivity index (χ2v) is 6.23. The van der Waals surface area contributed by atoms with Crippen LogP contribution in [0.25, 0.3) is 0 Å². The molecule has 1 heterocycles. The standard InChI is InChI=1S/C16H30N2/c1-6-7-8-9-10-18-12-15(13(2)3)17-11-16(18)14(4)5/h1,13-17H,7-12H2,2-5H3. The minimum atomic E-state index is 0.646. The van der Waals surface area contributed by atoms with Crippen molar-refractivity contribution in [3.05, 3.63) is 0 Å². The Morgan fingerprint density at radius 2 is 1.94 bits per heavy atom. The van der Waals surface area contributed by atoms with Gasteiger partial charge in [0, 0.05) is 31.6 Å². The molecule has 0 aromatic rings. The van der Waals surface area contributed by atoms with Gasteiger partial charge >= 0.3 is 0 Å². The maximum atomic E-state index is 5.31. The van der Waals surface area contributed by atoms with Gasteiger partial charge in [-0.1, -0.05) is 27.7 Å². The van der Waals surface area contributed by atoms with Gasteiger partial charge in [-0.05, 0) is 31.2 Å². The highest BCUT2D eigenvalue weighted by atomic mass is 15.2. The Morgan fingerprint density at radius 3 is 2.50 bits per heavy atom. The van der Waals surface area contributed by atoms with Crippen molar-refractivity contribution in [2.24, 2.45) is 11.8 Å². The van der Waals surface area contributed by atoms with Gasteiger partial charge in [0.05, 0.1) is 0 Å². The minimum absolute atomic E-state index is 0.646. The molecule has 1 rings (SSSR count). The first-order valence-corrected chi connectivity index (χ1v) is 7.47. The molecule has 0 bridgehead atoms. The van der Waals surface area contributed by atoms with E-state index in [1.165, 1.54) is 19.5 Å². The lowest BCUT2D eigenvalue weighted by molar-refractivity contribution is 0.0837. The lowest BCUT2D eigenvalue weighted by Gasteiger charge is -2.43. The molecule has 18 heavy (non-hydrogen) atoms. The topological polar surface area (TPSA) is 15.3 Å². The van der Waals surface area contributed by atoms with Crippen molar-refractivity contribution in [3.8, 4) is 12.3 Å². The highest BCUT2D eigenvalue weighted by Crippen LogP contribution is 2.19. The second kappa shape index (κ2) is 7.81. The van der Waals surface area contributed by atoms with Gasteiger partial charge in [0.2, 0.25) is 0 Å². The molecule has 1 saturated heterocycles. The van der Waals surface area contributed by atoms with Gasteiger partial charge < -0.3 is 5.32 Å². The molecule has 1 N–H and O–H groups in total. The van der Waals surface area contributed by atoms with Gasteiger partial charge in [0.25, 0.3) is 0 Å². The van der Waals surface area contributed by atoms with E-state index in [2.05, 4.69) is 43.8 Å². The summed E-state index contributed by atoms with van der Waals surface area (Å²) >= 11 is 0. The molecule has 104 valence electrons. The average Bonchev–Trinajstić information content (AvgIpc) is 2.34. The van der Waals surface area contributed by atoms with E-state index >= 15 is 0 Å². The maximum absolute atomic E-state index is 5.31. The van der Waals surface area contributed by atoms with Crippen LogP contribution < -0.4 is 5.32 Å². The Labute approximate surface area is 114 Å². The van der Waals surface area contributed by atoms with Crippen LogP contribution in [0.2, 0.25) is 0 Å². The predicted molar refractivity (Wildman–Crippen MR) is 79.5 cm³/mol. The van der Waals surface area contributed by atoms with E-state index in [9.17, 15) is 0 Å². The van der Waals surface area contributed by atoms with Crippen LogP contribution in [0.1, 0.15) is 47.0 Å². The van der Waals surface area contributed by atoms with E-state index in [-0.39, 0.29) is 0 Å². The van der Waals surface area contributed by atoms with Gasteiger partial charge in [-0.25, -0.2) is 0 Å². The Morgan fingerprint density at radius 1 is 1.22 bits per heavy atom. The fourth-order valence-electron chi connectivity index (χ4n) is 2.76. The van der Waals surface area contributed by atoms with Crippen molar-refractivity contribution in [2.45, 2.75) is 59.0 Å². The van der Waals surface area contributed by atoms with Crippen LogP contribution in [-0.2, 0) is 0 Å². The van der Waals surface area contributed by atoms with E-state index in [4.69, 9.17) is 6.42 Å². The Balaban J connectivity index is 2.47. The second-order valence-electron chi connectivity index (χ2n) is 6.23. The molecule has 2 atom stereocenters. The van der Waals surface area contributed by atoms with E-state index in [0.29, 0.717) is 18.0 Å². The fraction of sp³-hybridized carbons (Fsp3) is 0.875. The summed E-state index contributed by atoms with van der Waals surface area (Å²) < 4.78 is 0. The van der Waals surface area contributed by atoms with E-state index in [0.717, 1.165) is 25.3 Å². The summed E-state index contributed by atoms with van der Waals surface area (Å²) in [5, 5.41) is 3.71. The fourth-order valence-corrected chi connectivity index (χ4v) is 2.76. The van der Waals surface area contributed by atoms with E-state index in [1.54, 1.807) is 0 Å². The molecule has 2 heteroatoms. The molecule has 0 saturated carbocycles. The monoisotopic (exact) mass is 250 g/mol. The number of nitrogens with one attached hydrogen (secondary N) is 1. The number of unbranched alkanes of at least 4 members (excludes halogenated alkanes) is 2. The van der Waals surface area contributed by atoms with Crippen LogP contribution in [-0.4, -0.2) is 36.6 Å². The van der Waals surface area contributed by atoms with Crippen LogP contribution in [0.15, 0.2) is 0 Å². The summed E-state index contributed by atoms with van der Waals surface area (Å²) in [6.45, 7) is 12.8. The van der Waals surface area contributed by atoms with E-state index in [1.807, 2.05) is 0 Å². The van der Waals surface area contributed by atoms with Gasteiger partial charge in [-0.15, -0.1) is 12.3 Å². The third kappa shape index (κ3) is 4.63.